The maximum absolute atomic E-state index is 14.1. The van der Waals surface area contributed by atoms with Crippen LogP contribution in [-0.4, -0.2) is 61.5 Å². The highest BCUT2D eigenvalue weighted by Crippen LogP contribution is 2.53. The predicted molar refractivity (Wildman–Crippen MR) is 122 cm³/mol. The van der Waals surface area contributed by atoms with Gasteiger partial charge in [-0.3, -0.25) is 14.4 Å². The number of ether oxygens (including phenoxy) is 2. The SMILES string of the molecule is CCCN1C(=O)[C@]2(C(=C(O)c3ccc(OC)cc3)C(=O)C(=O)N2CCOC)c2ccccc21. The third-order valence-electron chi connectivity index (χ3n) is 6.14. The van der Waals surface area contributed by atoms with Crippen LogP contribution < -0.4 is 9.64 Å². The number of benzene rings is 2. The summed E-state index contributed by atoms with van der Waals surface area (Å²) in [4.78, 5) is 43.5. The van der Waals surface area contributed by atoms with Gasteiger partial charge in [-0.05, 0) is 36.8 Å². The van der Waals surface area contributed by atoms with Gasteiger partial charge >= 0.3 is 0 Å². The fourth-order valence-electron chi connectivity index (χ4n) is 4.69. The van der Waals surface area contributed by atoms with Gasteiger partial charge in [0.15, 0.2) is 5.54 Å². The van der Waals surface area contributed by atoms with E-state index in [0.29, 0.717) is 35.5 Å². The standard InChI is InChI=1S/C25H26N2O6/c1-4-13-26-19-8-6-5-7-18(19)25(24(26)31)20(22(29)23(30)27(25)14-15-32-2)21(28)16-9-11-17(33-3)12-10-16/h5-12,28H,4,13-15H2,1-3H3/t25-/m1/s1. The predicted octanol–water partition coefficient (Wildman–Crippen LogP) is 2.67. The van der Waals surface area contributed by atoms with E-state index < -0.39 is 28.9 Å². The van der Waals surface area contributed by atoms with Gasteiger partial charge in [-0.2, -0.15) is 0 Å². The molecule has 1 atom stereocenters. The van der Waals surface area contributed by atoms with Crippen molar-refractivity contribution in [2.24, 2.45) is 0 Å². The van der Waals surface area contributed by atoms with Crippen molar-refractivity contribution >= 4 is 29.0 Å². The van der Waals surface area contributed by atoms with Gasteiger partial charge in [-0.25, -0.2) is 0 Å². The summed E-state index contributed by atoms with van der Waals surface area (Å²) < 4.78 is 10.3. The van der Waals surface area contributed by atoms with Crippen molar-refractivity contribution in [3.8, 4) is 5.75 Å². The molecule has 1 fully saturated rings. The molecule has 2 aliphatic heterocycles. The molecule has 2 heterocycles. The number of anilines is 1. The number of Topliss-reactive ketones (excluding diaryl/α,β-unsaturated/α-hetero) is 1. The third kappa shape index (κ3) is 3.21. The second-order valence-corrected chi connectivity index (χ2v) is 7.92. The number of likely N-dealkylation sites (tertiary alicyclic amines) is 1. The van der Waals surface area contributed by atoms with E-state index in [0.717, 1.165) is 0 Å². The minimum atomic E-state index is -1.76. The van der Waals surface area contributed by atoms with Crippen molar-refractivity contribution in [3.63, 3.8) is 0 Å². The quantitative estimate of drug-likeness (QED) is 0.396. The molecular formula is C25H26N2O6. The molecule has 0 aromatic heterocycles. The number of rotatable bonds is 7. The van der Waals surface area contributed by atoms with E-state index in [4.69, 9.17) is 9.47 Å². The maximum Gasteiger partial charge on any atom is 0.296 e. The normalized spacial score (nSPS) is 21.2. The minimum Gasteiger partial charge on any atom is -0.507 e. The van der Waals surface area contributed by atoms with Crippen LogP contribution in [0.2, 0.25) is 0 Å². The average Bonchev–Trinajstić information content (AvgIpc) is 3.21. The number of hydrogen-bond acceptors (Lipinski definition) is 6. The Morgan fingerprint density at radius 3 is 2.33 bits per heavy atom. The summed E-state index contributed by atoms with van der Waals surface area (Å²) in [6.45, 7) is 2.50. The van der Waals surface area contributed by atoms with Crippen LogP contribution in [0.5, 0.6) is 5.75 Å². The molecule has 4 rings (SSSR count). The Hall–Kier alpha value is -3.65. The lowest BCUT2D eigenvalue weighted by Crippen LogP contribution is -2.52. The highest BCUT2D eigenvalue weighted by molar-refractivity contribution is 6.50. The Balaban J connectivity index is 2.02. The van der Waals surface area contributed by atoms with Gasteiger partial charge in [0, 0.05) is 31.3 Å². The van der Waals surface area contributed by atoms with Crippen molar-refractivity contribution in [1.82, 2.24) is 4.90 Å². The minimum absolute atomic E-state index is 0.0144. The van der Waals surface area contributed by atoms with Gasteiger partial charge in [-0.1, -0.05) is 25.1 Å². The number of hydrogen-bond donors (Lipinski definition) is 1. The largest absolute Gasteiger partial charge is 0.507 e. The monoisotopic (exact) mass is 450 g/mol. The zero-order chi connectivity index (χ0) is 23.8. The van der Waals surface area contributed by atoms with Crippen LogP contribution >= 0.6 is 0 Å². The van der Waals surface area contributed by atoms with Crippen LogP contribution in [-0.2, 0) is 24.7 Å². The molecule has 0 bridgehead atoms. The second-order valence-electron chi connectivity index (χ2n) is 7.92. The van der Waals surface area contributed by atoms with E-state index in [2.05, 4.69) is 0 Å². The molecule has 2 aliphatic rings. The van der Waals surface area contributed by atoms with Crippen molar-refractivity contribution in [1.29, 1.82) is 0 Å². The molecule has 1 saturated heterocycles. The van der Waals surface area contributed by atoms with Crippen LogP contribution in [0.3, 0.4) is 0 Å². The van der Waals surface area contributed by atoms with Gasteiger partial charge < -0.3 is 24.4 Å². The number of amides is 2. The summed E-state index contributed by atoms with van der Waals surface area (Å²) in [6, 6.07) is 13.5. The number of ketones is 1. The second kappa shape index (κ2) is 8.71. The van der Waals surface area contributed by atoms with E-state index in [1.54, 1.807) is 53.4 Å². The van der Waals surface area contributed by atoms with E-state index >= 15 is 0 Å². The average molecular weight is 450 g/mol. The van der Waals surface area contributed by atoms with Crippen molar-refractivity contribution in [2.75, 3.05) is 38.8 Å². The Bertz CT molecular complexity index is 1140. The molecule has 8 nitrogen and oxygen atoms in total. The van der Waals surface area contributed by atoms with Crippen molar-refractivity contribution in [2.45, 2.75) is 18.9 Å². The summed E-state index contributed by atoms with van der Waals surface area (Å²) in [7, 11) is 3.00. The molecule has 0 saturated carbocycles. The number of nitrogens with zero attached hydrogens (tertiary/aromatic N) is 2. The lowest BCUT2D eigenvalue weighted by atomic mass is 9.82. The molecule has 1 N–H and O–H groups in total. The number of methoxy groups -OCH3 is 2. The molecule has 2 amide bonds. The number of aliphatic hydroxyl groups excluding tert-OH is 1. The lowest BCUT2D eigenvalue weighted by Gasteiger charge is -2.34. The first-order chi connectivity index (χ1) is 15.9. The van der Waals surface area contributed by atoms with E-state index in [1.807, 2.05) is 6.92 Å². The van der Waals surface area contributed by atoms with Crippen LogP contribution in [0.1, 0.15) is 24.5 Å². The summed E-state index contributed by atoms with van der Waals surface area (Å²) in [5.74, 6) is -2.02. The Labute approximate surface area is 192 Å². The first-order valence-corrected chi connectivity index (χ1v) is 10.8. The molecular weight excluding hydrogens is 424 g/mol. The number of fused-ring (bicyclic) bond motifs is 2. The summed E-state index contributed by atoms with van der Waals surface area (Å²) >= 11 is 0. The van der Waals surface area contributed by atoms with Crippen molar-refractivity contribution < 1.29 is 29.0 Å². The smallest absolute Gasteiger partial charge is 0.296 e. The van der Waals surface area contributed by atoms with Crippen LogP contribution in [0.4, 0.5) is 5.69 Å². The molecule has 8 heteroatoms. The number of para-hydroxylation sites is 1. The Kier molecular flexibility index (Phi) is 5.95. The molecule has 0 unspecified atom stereocenters. The summed E-state index contributed by atoms with van der Waals surface area (Å²) in [6.07, 6.45) is 0.680. The van der Waals surface area contributed by atoms with E-state index in [-0.39, 0.29) is 18.7 Å². The molecule has 2 aromatic rings. The number of carbonyl (C=O) groups is 3. The van der Waals surface area contributed by atoms with E-state index in [9.17, 15) is 19.5 Å². The number of carbonyl (C=O) groups excluding carboxylic acids is 3. The fourth-order valence-corrected chi connectivity index (χ4v) is 4.69. The highest BCUT2D eigenvalue weighted by atomic mass is 16.5. The molecule has 0 aliphatic carbocycles. The van der Waals surface area contributed by atoms with Crippen molar-refractivity contribution in [3.05, 3.63) is 65.2 Å². The van der Waals surface area contributed by atoms with E-state index in [1.165, 1.54) is 19.1 Å². The van der Waals surface area contributed by atoms with Gasteiger partial charge in [0.25, 0.3) is 17.6 Å². The zero-order valence-corrected chi connectivity index (χ0v) is 18.8. The Morgan fingerprint density at radius 1 is 1.00 bits per heavy atom. The molecule has 2 aromatic carbocycles. The van der Waals surface area contributed by atoms with Gasteiger partial charge in [-0.15, -0.1) is 0 Å². The lowest BCUT2D eigenvalue weighted by molar-refractivity contribution is -0.144. The topological polar surface area (TPSA) is 96.4 Å². The molecule has 172 valence electrons. The van der Waals surface area contributed by atoms with Crippen LogP contribution in [0, 0.1) is 0 Å². The zero-order valence-electron chi connectivity index (χ0n) is 18.8. The summed E-state index contributed by atoms with van der Waals surface area (Å²) in [5.41, 5.74) is -0.574. The third-order valence-corrected chi connectivity index (χ3v) is 6.14. The maximum atomic E-state index is 14.1. The first kappa shape index (κ1) is 22.5. The first-order valence-electron chi connectivity index (χ1n) is 10.8. The summed E-state index contributed by atoms with van der Waals surface area (Å²) in [5, 5.41) is 11.3. The van der Waals surface area contributed by atoms with Gasteiger partial charge in [0.2, 0.25) is 0 Å². The Morgan fingerprint density at radius 2 is 1.70 bits per heavy atom. The molecule has 0 radical (unpaired) electrons. The highest BCUT2D eigenvalue weighted by Gasteiger charge is 2.66. The molecule has 33 heavy (non-hydrogen) atoms. The molecule has 1 spiro atoms. The fraction of sp³-hybridized carbons (Fsp3) is 0.320. The van der Waals surface area contributed by atoms with Crippen LogP contribution in [0.15, 0.2) is 54.1 Å². The van der Waals surface area contributed by atoms with Gasteiger partial charge in [0.1, 0.15) is 11.5 Å². The van der Waals surface area contributed by atoms with Gasteiger partial charge in [0.05, 0.1) is 25.0 Å². The number of aliphatic hydroxyl groups is 1. The van der Waals surface area contributed by atoms with Crippen LogP contribution in [0.25, 0.3) is 5.76 Å².